The molecule has 17 heavy (non-hydrogen) atoms. The van der Waals surface area contributed by atoms with Gasteiger partial charge in [0.05, 0.1) is 0 Å². The first kappa shape index (κ1) is 12.0. The molecule has 2 rings (SSSR count). The van der Waals surface area contributed by atoms with Crippen molar-refractivity contribution < 1.29 is 4.79 Å². The van der Waals surface area contributed by atoms with Crippen LogP contribution in [-0.4, -0.2) is 11.9 Å². The number of nitrogens with two attached hydrogens (primary N) is 1. The van der Waals surface area contributed by atoms with Crippen LogP contribution in [0.1, 0.15) is 48.0 Å². The summed E-state index contributed by atoms with van der Waals surface area (Å²) in [5.41, 5.74) is 8.07. The highest BCUT2D eigenvalue weighted by Gasteiger charge is 2.17. The number of benzene rings is 1. The summed E-state index contributed by atoms with van der Waals surface area (Å²) in [6.07, 6.45) is 5.98. The normalized spacial score (nSPS) is 16.8. The van der Waals surface area contributed by atoms with E-state index in [-0.39, 0.29) is 5.91 Å². The molecule has 1 aromatic carbocycles. The van der Waals surface area contributed by atoms with Gasteiger partial charge in [0.25, 0.3) is 5.91 Å². The third-order valence-corrected chi connectivity index (χ3v) is 3.44. The van der Waals surface area contributed by atoms with E-state index in [0.717, 1.165) is 24.0 Å². The minimum atomic E-state index is 0.0365. The topological polar surface area (TPSA) is 55.1 Å². The zero-order valence-corrected chi connectivity index (χ0v) is 10.3. The fourth-order valence-electron chi connectivity index (χ4n) is 2.45. The molecule has 0 spiro atoms. The highest BCUT2D eigenvalue weighted by atomic mass is 16.1. The van der Waals surface area contributed by atoms with Crippen molar-refractivity contribution in [3.63, 3.8) is 0 Å². The maximum Gasteiger partial charge on any atom is 0.251 e. The van der Waals surface area contributed by atoms with E-state index in [1.807, 2.05) is 19.1 Å². The molecule has 3 N–H and O–H groups in total. The van der Waals surface area contributed by atoms with Crippen molar-refractivity contribution in [2.75, 3.05) is 5.73 Å². The van der Waals surface area contributed by atoms with E-state index >= 15 is 0 Å². The van der Waals surface area contributed by atoms with Crippen LogP contribution in [0.3, 0.4) is 0 Å². The minimum absolute atomic E-state index is 0.0365. The van der Waals surface area contributed by atoms with Gasteiger partial charge in [0.1, 0.15) is 0 Å². The predicted molar refractivity (Wildman–Crippen MR) is 69.9 cm³/mol. The number of nitrogens with one attached hydrogen (secondary N) is 1. The molecule has 0 heterocycles. The molecule has 0 saturated heterocycles. The Morgan fingerprint density at radius 2 is 2.00 bits per heavy atom. The molecule has 1 amide bonds. The standard InChI is InChI=1S/C14H20N2O/c1-10-9-11(15)7-8-13(10)14(17)16-12-5-3-2-4-6-12/h7-9,12H,2-6,15H2,1H3,(H,16,17). The molecule has 92 valence electrons. The molecule has 0 bridgehead atoms. The second-order valence-corrected chi connectivity index (χ2v) is 4.88. The quantitative estimate of drug-likeness (QED) is 0.770. The van der Waals surface area contributed by atoms with E-state index in [9.17, 15) is 4.79 Å². The van der Waals surface area contributed by atoms with E-state index in [2.05, 4.69) is 5.32 Å². The SMILES string of the molecule is Cc1cc(N)ccc1C(=O)NC1CCCCC1. The molecule has 1 fully saturated rings. The van der Waals surface area contributed by atoms with E-state index in [1.165, 1.54) is 19.3 Å². The minimum Gasteiger partial charge on any atom is -0.399 e. The highest BCUT2D eigenvalue weighted by molar-refractivity contribution is 5.96. The highest BCUT2D eigenvalue weighted by Crippen LogP contribution is 2.19. The Balaban J connectivity index is 2.03. The Hall–Kier alpha value is -1.51. The fourth-order valence-corrected chi connectivity index (χ4v) is 2.45. The Kier molecular flexibility index (Phi) is 3.67. The van der Waals surface area contributed by atoms with Crippen LogP contribution in [0.2, 0.25) is 0 Å². The van der Waals surface area contributed by atoms with Crippen LogP contribution in [-0.2, 0) is 0 Å². The van der Waals surface area contributed by atoms with Crippen LogP contribution in [0, 0.1) is 6.92 Å². The van der Waals surface area contributed by atoms with Crippen LogP contribution >= 0.6 is 0 Å². The second kappa shape index (κ2) is 5.21. The summed E-state index contributed by atoms with van der Waals surface area (Å²) < 4.78 is 0. The lowest BCUT2D eigenvalue weighted by molar-refractivity contribution is 0.0927. The maximum absolute atomic E-state index is 12.1. The molecule has 1 saturated carbocycles. The molecular formula is C14H20N2O. The van der Waals surface area contributed by atoms with Crippen molar-refractivity contribution in [1.29, 1.82) is 0 Å². The Bertz CT molecular complexity index is 409. The zero-order valence-electron chi connectivity index (χ0n) is 10.3. The number of aryl methyl sites for hydroxylation is 1. The number of carbonyl (C=O) groups is 1. The number of carbonyl (C=O) groups excluding carboxylic acids is 1. The van der Waals surface area contributed by atoms with Crippen LogP contribution in [0.5, 0.6) is 0 Å². The van der Waals surface area contributed by atoms with Crippen molar-refractivity contribution in [2.24, 2.45) is 0 Å². The molecule has 1 aliphatic carbocycles. The van der Waals surface area contributed by atoms with Crippen LogP contribution in [0.4, 0.5) is 5.69 Å². The fraction of sp³-hybridized carbons (Fsp3) is 0.500. The van der Waals surface area contributed by atoms with Gasteiger partial charge in [0.15, 0.2) is 0 Å². The zero-order chi connectivity index (χ0) is 12.3. The number of hydrogen-bond donors (Lipinski definition) is 2. The van der Waals surface area contributed by atoms with E-state index in [1.54, 1.807) is 6.07 Å². The summed E-state index contributed by atoms with van der Waals surface area (Å²) in [5.74, 6) is 0.0365. The number of amides is 1. The smallest absolute Gasteiger partial charge is 0.251 e. The first-order valence-corrected chi connectivity index (χ1v) is 6.34. The van der Waals surface area contributed by atoms with Crippen LogP contribution in [0.15, 0.2) is 18.2 Å². The first-order valence-electron chi connectivity index (χ1n) is 6.34. The van der Waals surface area contributed by atoms with Gasteiger partial charge < -0.3 is 11.1 Å². The van der Waals surface area contributed by atoms with Crippen molar-refractivity contribution in [3.8, 4) is 0 Å². The first-order chi connectivity index (χ1) is 8.16. The van der Waals surface area contributed by atoms with Gasteiger partial charge in [-0.1, -0.05) is 19.3 Å². The lowest BCUT2D eigenvalue weighted by atomic mass is 9.95. The van der Waals surface area contributed by atoms with Gasteiger partial charge >= 0.3 is 0 Å². The molecule has 0 radical (unpaired) electrons. The molecule has 1 aromatic rings. The Morgan fingerprint density at radius 1 is 1.29 bits per heavy atom. The second-order valence-electron chi connectivity index (χ2n) is 4.88. The maximum atomic E-state index is 12.1. The predicted octanol–water partition coefficient (Wildman–Crippen LogP) is 2.64. The summed E-state index contributed by atoms with van der Waals surface area (Å²) >= 11 is 0. The summed E-state index contributed by atoms with van der Waals surface area (Å²) in [7, 11) is 0. The number of nitrogen functional groups attached to an aromatic ring is 1. The van der Waals surface area contributed by atoms with Gasteiger partial charge in [-0.2, -0.15) is 0 Å². The Labute approximate surface area is 102 Å². The number of rotatable bonds is 2. The van der Waals surface area contributed by atoms with E-state index in [4.69, 9.17) is 5.73 Å². The molecular weight excluding hydrogens is 212 g/mol. The van der Waals surface area contributed by atoms with Gasteiger partial charge in [-0.15, -0.1) is 0 Å². The van der Waals surface area contributed by atoms with E-state index < -0.39 is 0 Å². The molecule has 3 nitrogen and oxygen atoms in total. The molecule has 0 atom stereocenters. The van der Waals surface area contributed by atoms with Crippen molar-refractivity contribution >= 4 is 11.6 Å². The summed E-state index contributed by atoms with van der Waals surface area (Å²) in [5, 5.41) is 3.12. The van der Waals surface area contributed by atoms with Gasteiger partial charge in [0, 0.05) is 17.3 Å². The average molecular weight is 232 g/mol. The van der Waals surface area contributed by atoms with Crippen molar-refractivity contribution in [3.05, 3.63) is 29.3 Å². The third-order valence-electron chi connectivity index (χ3n) is 3.44. The third kappa shape index (κ3) is 2.99. The van der Waals surface area contributed by atoms with Crippen molar-refractivity contribution in [1.82, 2.24) is 5.32 Å². The molecule has 1 aliphatic rings. The van der Waals surface area contributed by atoms with Crippen LogP contribution in [0.25, 0.3) is 0 Å². The van der Waals surface area contributed by atoms with Crippen LogP contribution < -0.4 is 11.1 Å². The van der Waals surface area contributed by atoms with Gasteiger partial charge in [0.2, 0.25) is 0 Å². The molecule has 0 aliphatic heterocycles. The largest absolute Gasteiger partial charge is 0.399 e. The van der Waals surface area contributed by atoms with Gasteiger partial charge in [-0.05, 0) is 43.5 Å². The lowest BCUT2D eigenvalue weighted by Crippen LogP contribution is -2.36. The summed E-state index contributed by atoms with van der Waals surface area (Å²) in [4.78, 5) is 12.1. The Morgan fingerprint density at radius 3 is 2.65 bits per heavy atom. The monoisotopic (exact) mass is 232 g/mol. The van der Waals surface area contributed by atoms with Crippen molar-refractivity contribution in [2.45, 2.75) is 45.1 Å². The summed E-state index contributed by atoms with van der Waals surface area (Å²) in [6.45, 7) is 1.92. The number of anilines is 1. The van der Waals surface area contributed by atoms with Gasteiger partial charge in [-0.25, -0.2) is 0 Å². The molecule has 3 heteroatoms. The van der Waals surface area contributed by atoms with E-state index in [0.29, 0.717) is 11.7 Å². The average Bonchev–Trinajstić information content (AvgIpc) is 2.30. The molecule has 0 aromatic heterocycles. The van der Waals surface area contributed by atoms with Gasteiger partial charge in [-0.3, -0.25) is 4.79 Å². The summed E-state index contributed by atoms with van der Waals surface area (Å²) in [6, 6.07) is 5.79. The molecule has 0 unspecified atom stereocenters. The number of hydrogen-bond acceptors (Lipinski definition) is 2. The lowest BCUT2D eigenvalue weighted by Gasteiger charge is -2.23.